The Morgan fingerprint density at radius 3 is 2.65 bits per heavy atom. The topological polar surface area (TPSA) is 54.5 Å². The standard InChI is InChI=1S/C35H40F3N3O2/c1-4-43-30-17-26(19-39-20-30)24-6-9-31-25(15-24)7-10-32(31)40-29-11-13-34(18-29,22(2)3)33(42)41-14-12-23-5-8-28(35(36,37)38)16-27(23)21-41/h5-6,8-9,15-17,19-20,22,29,32,40H,4,7,10-14,18,21H2,1-3H3/t29-,32?,34+/m1/s1. The van der Waals surface area contributed by atoms with Crippen molar-refractivity contribution in [2.24, 2.45) is 11.3 Å². The van der Waals surface area contributed by atoms with E-state index in [9.17, 15) is 18.0 Å². The number of pyridine rings is 1. The number of carbonyl (C=O) groups is 1. The molecule has 8 heteroatoms. The van der Waals surface area contributed by atoms with Gasteiger partial charge in [-0.15, -0.1) is 0 Å². The first kappa shape index (κ1) is 29.7. The second-order valence-electron chi connectivity index (χ2n) is 12.7. The number of hydrogen-bond donors (Lipinski definition) is 1. The van der Waals surface area contributed by atoms with Crippen LogP contribution in [0, 0.1) is 11.3 Å². The number of alkyl halides is 3. The molecule has 2 heterocycles. The van der Waals surface area contributed by atoms with E-state index in [1.807, 2.05) is 24.1 Å². The number of benzene rings is 2. The number of aromatic nitrogens is 1. The Morgan fingerprint density at radius 2 is 1.88 bits per heavy atom. The van der Waals surface area contributed by atoms with Gasteiger partial charge in [0.15, 0.2) is 0 Å². The Bertz CT molecular complexity index is 1500. The van der Waals surface area contributed by atoms with Crippen molar-refractivity contribution in [3.05, 3.63) is 82.7 Å². The highest BCUT2D eigenvalue weighted by Crippen LogP contribution is 2.48. The molecule has 2 aromatic carbocycles. The van der Waals surface area contributed by atoms with E-state index in [-0.39, 0.29) is 30.5 Å². The zero-order valence-electron chi connectivity index (χ0n) is 25.1. The van der Waals surface area contributed by atoms with Crippen molar-refractivity contribution in [2.45, 2.75) is 84.1 Å². The second-order valence-corrected chi connectivity index (χ2v) is 12.7. The Morgan fingerprint density at radius 1 is 1.05 bits per heavy atom. The third-order valence-corrected chi connectivity index (χ3v) is 9.93. The Balaban J connectivity index is 1.14. The minimum atomic E-state index is -4.39. The molecule has 1 unspecified atom stereocenters. The predicted octanol–water partition coefficient (Wildman–Crippen LogP) is 7.52. The second kappa shape index (κ2) is 11.6. The molecule has 0 bridgehead atoms. The van der Waals surface area contributed by atoms with Gasteiger partial charge in [0.2, 0.25) is 5.91 Å². The molecule has 1 fully saturated rings. The van der Waals surface area contributed by atoms with Crippen molar-refractivity contribution in [1.82, 2.24) is 15.2 Å². The molecular weight excluding hydrogens is 551 g/mol. The number of nitrogens with one attached hydrogen (secondary N) is 1. The van der Waals surface area contributed by atoms with Crippen LogP contribution in [-0.4, -0.2) is 35.0 Å². The third kappa shape index (κ3) is 5.78. The number of fused-ring (bicyclic) bond motifs is 2. The number of ether oxygens (including phenoxy) is 1. The monoisotopic (exact) mass is 591 g/mol. The fourth-order valence-corrected chi connectivity index (χ4v) is 7.48. The van der Waals surface area contributed by atoms with E-state index in [4.69, 9.17) is 4.74 Å². The number of halogens is 3. The number of amides is 1. The van der Waals surface area contributed by atoms with Gasteiger partial charge in [0.05, 0.1) is 23.8 Å². The van der Waals surface area contributed by atoms with Gasteiger partial charge < -0.3 is 15.0 Å². The van der Waals surface area contributed by atoms with Gasteiger partial charge in [-0.2, -0.15) is 13.2 Å². The van der Waals surface area contributed by atoms with Crippen LogP contribution in [0.2, 0.25) is 0 Å². The SMILES string of the molecule is CCOc1cncc(-c2ccc3c(c2)CCC3N[C@@H]2CC[C@@](C(=O)N3CCc4ccc(C(F)(F)F)cc4C3)(C(C)C)C2)c1. The minimum Gasteiger partial charge on any atom is -0.492 e. The number of hydrogen-bond acceptors (Lipinski definition) is 4. The molecule has 2 aliphatic carbocycles. The van der Waals surface area contributed by atoms with Crippen molar-refractivity contribution >= 4 is 5.91 Å². The summed E-state index contributed by atoms with van der Waals surface area (Å²) in [5, 5.41) is 3.90. The molecule has 1 aliphatic heterocycles. The fourth-order valence-electron chi connectivity index (χ4n) is 7.48. The maximum Gasteiger partial charge on any atom is 0.416 e. The van der Waals surface area contributed by atoms with E-state index >= 15 is 0 Å². The molecule has 0 radical (unpaired) electrons. The summed E-state index contributed by atoms with van der Waals surface area (Å²) in [4.78, 5) is 20.3. The first-order valence-electron chi connectivity index (χ1n) is 15.5. The molecule has 228 valence electrons. The van der Waals surface area contributed by atoms with E-state index < -0.39 is 17.2 Å². The molecule has 0 saturated heterocycles. The lowest BCUT2D eigenvalue weighted by Crippen LogP contribution is -2.48. The Kier molecular flexibility index (Phi) is 8.01. The number of rotatable bonds is 7. The van der Waals surface area contributed by atoms with E-state index in [2.05, 4.69) is 42.3 Å². The van der Waals surface area contributed by atoms with Crippen LogP contribution in [0.25, 0.3) is 11.1 Å². The van der Waals surface area contributed by atoms with E-state index in [0.717, 1.165) is 60.6 Å². The molecular formula is C35H40F3N3O2. The summed E-state index contributed by atoms with van der Waals surface area (Å²) >= 11 is 0. The molecule has 3 atom stereocenters. The average Bonchev–Trinajstić information content (AvgIpc) is 3.61. The summed E-state index contributed by atoms with van der Waals surface area (Å²) < 4.78 is 45.7. The van der Waals surface area contributed by atoms with Crippen LogP contribution in [0.5, 0.6) is 5.75 Å². The molecule has 0 spiro atoms. The largest absolute Gasteiger partial charge is 0.492 e. The average molecular weight is 592 g/mol. The quantitative estimate of drug-likeness (QED) is 0.309. The summed E-state index contributed by atoms with van der Waals surface area (Å²) in [6, 6.07) is 13.1. The molecule has 1 N–H and O–H groups in total. The summed E-state index contributed by atoms with van der Waals surface area (Å²) in [6.07, 6.45) is 4.24. The lowest BCUT2D eigenvalue weighted by Gasteiger charge is -2.40. The minimum absolute atomic E-state index is 0.0919. The number of carbonyl (C=O) groups excluding carboxylic acids is 1. The molecule has 1 amide bonds. The van der Waals surface area contributed by atoms with E-state index in [0.29, 0.717) is 25.1 Å². The van der Waals surface area contributed by atoms with Gasteiger partial charge in [-0.25, -0.2) is 0 Å². The first-order chi connectivity index (χ1) is 20.6. The van der Waals surface area contributed by atoms with Crippen LogP contribution in [-0.2, 0) is 30.4 Å². The number of aryl methyl sites for hydroxylation is 1. The smallest absolute Gasteiger partial charge is 0.416 e. The van der Waals surface area contributed by atoms with E-state index in [1.165, 1.54) is 17.2 Å². The molecule has 3 aliphatic rings. The highest BCUT2D eigenvalue weighted by atomic mass is 19.4. The Hall–Kier alpha value is -3.39. The van der Waals surface area contributed by atoms with Gasteiger partial charge in [-0.3, -0.25) is 9.78 Å². The van der Waals surface area contributed by atoms with E-state index in [1.54, 1.807) is 12.3 Å². The van der Waals surface area contributed by atoms with Gasteiger partial charge in [0.1, 0.15) is 5.75 Å². The summed E-state index contributed by atoms with van der Waals surface area (Å²) in [5.41, 5.74) is 5.18. The fraction of sp³-hybridized carbons (Fsp3) is 0.486. The van der Waals surface area contributed by atoms with Crippen LogP contribution in [0.1, 0.15) is 80.3 Å². The summed E-state index contributed by atoms with van der Waals surface area (Å²) in [6.45, 7) is 7.58. The van der Waals surface area contributed by atoms with Gasteiger partial charge >= 0.3 is 6.18 Å². The zero-order valence-corrected chi connectivity index (χ0v) is 25.1. The number of nitrogens with zero attached hydrogens (tertiary/aromatic N) is 2. The van der Waals surface area contributed by atoms with Gasteiger partial charge in [-0.05, 0) is 97.4 Å². The maximum atomic E-state index is 14.1. The lowest BCUT2D eigenvalue weighted by molar-refractivity contribution is -0.145. The molecule has 43 heavy (non-hydrogen) atoms. The normalized spacial score (nSPS) is 23.4. The lowest BCUT2D eigenvalue weighted by atomic mass is 9.73. The van der Waals surface area contributed by atoms with Gasteiger partial charge in [0, 0.05) is 36.9 Å². The predicted molar refractivity (Wildman–Crippen MR) is 161 cm³/mol. The van der Waals surface area contributed by atoms with Crippen molar-refractivity contribution in [3.63, 3.8) is 0 Å². The third-order valence-electron chi connectivity index (χ3n) is 9.93. The van der Waals surface area contributed by atoms with Crippen molar-refractivity contribution < 1.29 is 22.7 Å². The van der Waals surface area contributed by atoms with Gasteiger partial charge in [-0.1, -0.05) is 38.1 Å². The molecule has 1 saturated carbocycles. The van der Waals surface area contributed by atoms with Crippen molar-refractivity contribution in [1.29, 1.82) is 0 Å². The highest BCUT2D eigenvalue weighted by molar-refractivity contribution is 5.84. The van der Waals surface area contributed by atoms with Crippen molar-refractivity contribution in [3.8, 4) is 16.9 Å². The molecule has 3 aromatic rings. The van der Waals surface area contributed by atoms with Crippen molar-refractivity contribution in [2.75, 3.05) is 13.2 Å². The van der Waals surface area contributed by atoms with Gasteiger partial charge in [0.25, 0.3) is 0 Å². The Labute approximate surface area is 251 Å². The van der Waals surface area contributed by atoms with Crippen LogP contribution in [0.15, 0.2) is 54.9 Å². The maximum absolute atomic E-state index is 14.1. The summed E-state index contributed by atoms with van der Waals surface area (Å²) in [5.74, 6) is 0.993. The zero-order chi connectivity index (χ0) is 30.4. The van der Waals surface area contributed by atoms with Crippen LogP contribution in [0.3, 0.4) is 0 Å². The molecule has 1 aromatic heterocycles. The summed E-state index contributed by atoms with van der Waals surface area (Å²) in [7, 11) is 0. The van der Waals surface area contributed by atoms with Crippen LogP contribution < -0.4 is 10.1 Å². The van der Waals surface area contributed by atoms with Crippen LogP contribution >= 0.6 is 0 Å². The molecule has 5 nitrogen and oxygen atoms in total. The highest BCUT2D eigenvalue weighted by Gasteiger charge is 2.50. The van der Waals surface area contributed by atoms with Crippen LogP contribution in [0.4, 0.5) is 13.2 Å². The molecule has 6 rings (SSSR count). The first-order valence-corrected chi connectivity index (χ1v) is 15.5.